The van der Waals surface area contributed by atoms with Gasteiger partial charge in [-0.15, -0.1) is 0 Å². The van der Waals surface area contributed by atoms with Crippen molar-refractivity contribution in [2.45, 2.75) is 0 Å². The first-order chi connectivity index (χ1) is 7.18. The average molecular weight is 205 g/mol. The molecule has 15 heavy (non-hydrogen) atoms. The molecule has 2 aromatic rings. The maximum atomic E-state index is 10.8. The fourth-order valence-corrected chi connectivity index (χ4v) is 1.22. The van der Waals surface area contributed by atoms with Crippen LogP contribution in [0, 0.1) is 0 Å². The van der Waals surface area contributed by atoms with Crippen LogP contribution >= 0.6 is 0 Å². The number of nitrogen functional groups attached to an aromatic ring is 1. The number of para-hydroxylation sites is 1. The number of carboxylic acids is 1. The molecule has 2 N–H and O–H groups in total. The molecule has 1 aromatic heterocycles. The van der Waals surface area contributed by atoms with E-state index in [1.54, 1.807) is 18.2 Å². The van der Waals surface area contributed by atoms with Crippen LogP contribution in [0.3, 0.4) is 0 Å². The van der Waals surface area contributed by atoms with Gasteiger partial charge in [-0.05, 0) is 10.7 Å². The molecule has 2 rings (SSSR count). The number of nitrogens with zero attached hydrogens (tertiary/aromatic N) is 2. The summed E-state index contributed by atoms with van der Waals surface area (Å²) >= 11 is 0. The molecular formula is C9H7N3O3. The van der Waals surface area contributed by atoms with E-state index in [0.29, 0.717) is 5.69 Å². The summed E-state index contributed by atoms with van der Waals surface area (Å²) in [6, 6.07) is 6.27. The Kier molecular flexibility index (Phi) is 2.09. The van der Waals surface area contributed by atoms with Crippen molar-refractivity contribution in [3.05, 3.63) is 36.0 Å². The number of nitrogens with two attached hydrogens (primary N) is 1. The van der Waals surface area contributed by atoms with E-state index in [2.05, 4.69) is 9.79 Å². The van der Waals surface area contributed by atoms with Gasteiger partial charge in [0, 0.05) is 6.07 Å². The molecule has 0 radical (unpaired) electrons. The molecule has 76 valence electrons. The van der Waals surface area contributed by atoms with Gasteiger partial charge >= 0.3 is 0 Å². The minimum absolute atomic E-state index is 0.0239. The third-order valence-corrected chi connectivity index (χ3v) is 1.85. The van der Waals surface area contributed by atoms with Crippen molar-refractivity contribution in [2.24, 2.45) is 0 Å². The maximum absolute atomic E-state index is 10.8. The minimum Gasteiger partial charge on any atom is -0.545 e. The summed E-state index contributed by atoms with van der Waals surface area (Å²) in [5.41, 5.74) is 5.70. The lowest BCUT2D eigenvalue weighted by Crippen LogP contribution is -2.36. The van der Waals surface area contributed by atoms with Gasteiger partial charge in [-0.3, -0.25) is 4.52 Å². The predicted molar refractivity (Wildman–Crippen MR) is 46.8 cm³/mol. The molecule has 0 aliphatic heterocycles. The number of anilines is 1. The van der Waals surface area contributed by atoms with Crippen molar-refractivity contribution in [2.75, 3.05) is 5.73 Å². The first-order valence-corrected chi connectivity index (χ1v) is 4.13. The number of hydrogen-bond acceptors (Lipinski definition) is 5. The molecule has 0 bridgehead atoms. The highest BCUT2D eigenvalue weighted by Gasteiger charge is 2.17. The summed E-state index contributed by atoms with van der Waals surface area (Å²) in [6.07, 6.45) is 1.38. The van der Waals surface area contributed by atoms with Gasteiger partial charge in [-0.1, -0.05) is 12.1 Å². The van der Waals surface area contributed by atoms with Crippen LogP contribution in [0.1, 0.15) is 10.4 Å². The van der Waals surface area contributed by atoms with Gasteiger partial charge in [0.25, 0.3) is 17.8 Å². The van der Waals surface area contributed by atoms with Crippen LogP contribution in [0.25, 0.3) is 5.69 Å². The number of carbonyl (C=O) groups excluding carboxylic acids is 1. The van der Waals surface area contributed by atoms with Crippen LogP contribution in [0.15, 0.2) is 35.0 Å². The van der Waals surface area contributed by atoms with Crippen LogP contribution < -0.4 is 15.5 Å². The Morgan fingerprint density at radius 3 is 2.80 bits per heavy atom. The van der Waals surface area contributed by atoms with Crippen LogP contribution in [0.4, 0.5) is 5.88 Å². The highest BCUT2D eigenvalue weighted by atomic mass is 16.5. The van der Waals surface area contributed by atoms with E-state index in [-0.39, 0.29) is 11.4 Å². The van der Waals surface area contributed by atoms with E-state index in [0.717, 1.165) is 0 Å². The quantitative estimate of drug-likeness (QED) is 0.627. The molecule has 0 unspecified atom stereocenters. The molecule has 0 aliphatic rings. The number of carboxylic acid groups (broad SMARTS) is 1. The van der Waals surface area contributed by atoms with Gasteiger partial charge in [-0.25, -0.2) is 0 Å². The number of hydrogen-bond donors (Lipinski definition) is 1. The monoisotopic (exact) mass is 205 g/mol. The Bertz CT molecular complexity index is 507. The normalized spacial score (nSPS) is 10.1. The standard InChI is InChI=1S/C9H7N3O3/c10-8-5-12(11-15-8)7-4-2-1-3-6(7)9(13)14/h1-5H,(H2-,10,11,13,14). The van der Waals surface area contributed by atoms with Crippen molar-refractivity contribution in [3.63, 3.8) is 0 Å². The summed E-state index contributed by atoms with van der Waals surface area (Å²) in [6.45, 7) is 0. The van der Waals surface area contributed by atoms with E-state index in [1.165, 1.54) is 16.9 Å². The Balaban J connectivity index is 2.57. The lowest BCUT2D eigenvalue weighted by Gasteiger charge is -2.00. The molecule has 6 heteroatoms. The zero-order valence-corrected chi connectivity index (χ0v) is 7.58. The van der Waals surface area contributed by atoms with E-state index >= 15 is 0 Å². The third kappa shape index (κ3) is 1.64. The van der Waals surface area contributed by atoms with Crippen LogP contribution in [0.2, 0.25) is 0 Å². The summed E-state index contributed by atoms with van der Waals surface area (Å²) in [5, 5.41) is 14.3. The van der Waals surface area contributed by atoms with Crippen molar-refractivity contribution in [1.82, 2.24) is 5.27 Å². The van der Waals surface area contributed by atoms with E-state index in [1.807, 2.05) is 0 Å². The van der Waals surface area contributed by atoms with Crippen LogP contribution in [0.5, 0.6) is 0 Å². The number of rotatable bonds is 2. The number of aromatic carboxylic acids is 1. The highest BCUT2D eigenvalue weighted by Crippen LogP contribution is 2.07. The SMILES string of the molecule is Nc1c[n+](-c2ccccc2C(=O)[O-])no1. The van der Waals surface area contributed by atoms with Crippen molar-refractivity contribution < 1.29 is 19.1 Å². The topological polar surface area (TPSA) is 96.1 Å². The Morgan fingerprint density at radius 2 is 2.20 bits per heavy atom. The van der Waals surface area contributed by atoms with Gasteiger partial charge < -0.3 is 15.6 Å². The van der Waals surface area contributed by atoms with E-state index < -0.39 is 5.97 Å². The molecule has 1 heterocycles. The minimum atomic E-state index is -1.28. The zero-order chi connectivity index (χ0) is 10.8. The smallest absolute Gasteiger partial charge is 0.293 e. The maximum Gasteiger partial charge on any atom is 0.293 e. The molecule has 0 atom stereocenters. The van der Waals surface area contributed by atoms with Gasteiger partial charge in [-0.2, -0.15) is 0 Å². The molecule has 1 aromatic carbocycles. The first kappa shape index (κ1) is 9.20. The van der Waals surface area contributed by atoms with Gasteiger partial charge in [0.2, 0.25) is 5.27 Å². The van der Waals surface area contributed by atoms with Crippen molar-refractivity contribution >= 4 is 11.9 Å². The average Bonchev–Trinajstić information content (AvgIpc) is 2.65. The third-order valence-electron chi connectivity index (χ3n) is 1.85. The Morgan fingerprint density at radius 1 is 1.47 bits per heavy atom. The van der Waals surface area contributed by atoms with Gasteiger partial charge in [0.05, 0.1) is 11.5 Å². The molecule has 0 fully saturated rings. The predicted octanol–water partition coefficient (Wildman–Crippen LogP) is -1.10. The number of aromatic nitrogens is 2. The lowest BCUT2D eigenvalue weighted by molar-refractivity contribution is -0.670. The molecule has 0 saturated heterocycles. The second-order valence-corrected chi connectivity index (χ2v) is 2.85. The largest absolute Gasteiger partial charge is 0.545 e. The number of benzene rings is 1. The molecule has 6 nitrogen and oxygen atoms in total. The summed E-state index contributed by atoms with van der Waals surface area (Å²) in [5.74, 6) is -1.18. The summed E-state index contributed by atoms with van der Waals surface area (Å²) < 4.78 is 5.87. The van der Waals surface area contributed by atoms with Crippen molar-refractivity contribution in [1.29, 1.82) is 0 Å². The van der Waals surface area contributed by atoms with Gasteiger partial charge in [0.1, 0.15) is 0 Å². The van der Waals surface area contributed by atoms with Crippen molar-refractivity contribution in [3.8, 4) is 5.69 Å². The highest BCUT2D eigenvalue weighted by molar-refractivity contribution is 5.89. The number of carbonyl (C=O) groups is 1. The first-order valence-electron chi connectivity index (χ1n) is 4.13. The Hall–Kier alpha value is -2.37. The van der Waals surface area contributed by atoms with Crippen LogP contribution in [-0.2, 0) is 0 Å². The zero-order valence-electron chi connectivity index (χ0n) is 7.58. The van der Waals surface area contributed by atoms with E-state index in [4.69, 9.17) is 5.73 Å². The second kappa shape index (κ2) is 3.41. The molecular weight excluding hydrogens is 198 g/mol. The lowest BCUT2D eigenvalue weighted by atomic mass is 10.2. The Labute approximate surface area is 84.5 Å². The molecule has 0 aliphatic carbocycles. The molecule has 0 saturated carbocycles. The van der Waals surface area contributed by atoms with E-state index in [9.17, 15) is 9.90 Å². The fraction of sp³-hybridized carbons (Fsp3) is 0. The summed E-state index contributed by atoms with van der Waals surface area (Å²) in [4.78, 5) is 10.8. The van der Waals surface area contributed by atoms with Gasteiger partial charge in [0.15, 0.2) is 0 Å². The summed E-state index contributed by atoms with van der Waals surface area (Å²) in [7, 11) is 0. The molecule has 0 amide bonds. The van der Waals surface area contributed by atoms with Crippen LogP contribution in [-0.4, -0.2) is 11.2 Å². The second-order valence-electron chi connectivity index (χ2n) is 2.85. The fourth-order valence-electron chi connectivity index (χ4n) is 1.22. The molecule has 0 spiro atoms.